The van der Waals surface area contributed by atoms with Gasteiger partial charge in [0.15, 0.2) is 0 Å². The number of nitrogens with one attached hydrogen (secondary N) is 2. The molecule has 1 heterocycles. The summed E-state index contributed by atoms with van der Waals surface area (Å²) in [6.45, 7) is -0.567. The minimum atomic E-state index is -1.22. The van der Waals surface area contributed by atoms with Gasteiger partial charge in [-0.2, -0.15) is 12.6 Å². The second-order valence-electron chi connectivity index (χ2n) is 5.44. The zero-order valence-electron chi connectivity index (χ0n) is 15.6. The maximum absolute atomic E-state index is 11.5. The van der Waals surface area contributed by atoms with E-state index in [4.69, 9.17) is 21.1 Å². The summed E-state index contributed by atoms with van der Waals surface area (Å²) in [5.74, 6) is -4.65. The number of nitrogens with zero attached hydrogens (tertiary/aromatic N) is 1. The quantitative estimate of drug-likeness (QED) is 0.193. The predicted octanol–water partition coefficient (Wildman–Crippen LogP) is -1.43. The third kappa shape index (κ3) is 13.5. The minimum Gasteiger partial charge on any atom is -0.480 e. The van der Waals surface area contributed by atoms with Gasteiger partial charge in [0.25, 0.3) is 0 Å². The molecule has 0 aliphatic rings. The van der Waals surface area contributed by atoms with Crippen molar-refractivity contribution in [3.8, 4) is 0 Å². The van der Waals surface area contributed by atoms with Crippen molar-refractivity contribution in [2.24, 2.45) is 5.73 Å². The van der Waals surface area contributed by atoms with Crippen LogP contribution in [0, 0.1) is 0 Å². The molecule has 2 atom stereocenters. The van der Waals surface area contributed by atoms with Crippen LogP contribution >= 0.6 is 12.6 Å². The van der Waals surface area contributed by atoms with Gasteiger partial charge in [-0.3, -0.25) is 24.2 Å². The molecule has 12 nitrogen and oxygen atoms in total. The van der Waals surface area contributed by atoms with Crippen LogP contribution < -0.4 is 16.4 Å². The number of carbonyl (C=O) groups is 5. The van der Waals surface area contributed by atoms with Crippen molar-refractivity contribution >= 4 is 42.4 Å². The fourth-order valence-electron chi connectivity index (χ4n) is 1.65. The predicted molar refractivity (Wildman–Crippen MR) is 102 cm³/mol. The van der Waals surface area contributed by atoms with Crippen LogP contribution in [0.1, 0.15) is 23.2 Å². The van der Waals surface area contributed by atoms with Gasteiger partial charge in [-0.1, -0.05) is 0 Å². The number of carboxylic acids is 3. The number of carbonyl (C=O) groups excluding carboxylic acids is 2. The van der Waals surface area contributed by atoms with Gasteiger partial charge in [0.1, 0.15) is 18.6 Å². The molecule has 0 bridgehead atoms. The number of aromatic carboxylic acids is 1. The monoisotopic (exact) mass is 482 g/mol. The van der Waals surface area contributed by atoms with E-state index in [1.165, 1.54) is 18.5 Å². The first-order chi connectivity index (χ1) is 13.6. The first-order valence-electron chi connectivity index (χ1n) is 8.09. The fourth-order valence-corrected chi connectivity index (χ4v) is 1.90. The molecule has 0 unspecified atom stereocenters. The summed E-state index contributed by atoms with van der Waals surface area (Å²) >= 11 is 3.87. The molecule has 30 heavy (non-hydrogen) atoms. The molecule has 1 aromatic rings. The number of carboxylic acid groups (broad SMARTS) is 3. The number of aromatic nitrogens is 1. The van der Waals surface area contributed by atoms with Crippen LogP contribution in [-0.2, 0) is 36.5 Å². The Morgan fingerprint density at radius 2 is 1.80 bits per heavy atom. The molecule has 1 rings (SSSR count). The zero-order chi connectivity index (χ0) is 22.4. The Hall–Kier alpha value is -2.66. The van der Waals surface area contributed by atoms with Crippen molar-refractivity contribution in [3.63, 3.8) is 0 Å². The van der Waals surface area contributed by atoms with Gasteiger partial charge >= 0.3 is 17.9 Å². The Kier molecular flexibility index (Phi) is 15.9. The maximum atomic E-state index is 11.5. The number of pyridine rings is 1. The second kappa shape index (κ2) is 16.2. The van der Waals surface area contributed by atoms with Crippen LogP contribution in [0.2, 0.25) is 0 Å². The van der Waals surface area contributed by atoms with Crippen molar-refractivity contribution in [1.82, 2.24) is 15.6 Å². The average molecular weight is 482 g/mol. The standard InChI is InChI=1S/C10H17N3O6S.C6H5NO2.Cr/c11-5(10(18)19)1-2-7(14)13-6(4-20)9(17)12-3-8(15)16;8-6(9)5-2-1-3-7-4-5;/h5-6,20H,1-4,11H2,(H,12,17)(H,13,14)(H,15,16)(H,18,19);1-4H,(H,8,9);/t5-,6-;;/m0../s1. The number of hydrogen-bond donors (Lipinski definition) is 7. The summed E-state index contributed by atoms with van der Waals surface area (Å²) in [6, 6.07) is 0.931. The molecular weight excluding hydrogens is 460 g/mol. The van der Waals surface area contributed by atoms with E-state index < -0.39 is 48.4 Å². The van der Waals surface area contributed by atoms with Gasteiger partial charge in [0, 0.05) is 41.9 Å². The van der Waals surface area contributed by atoms with E-state index in [1.54, 1.807) is 6.07 Å². The molecule has 0 spiro atoms. The molecule has 0 fully saturated rings. The van der Waals surface area contributed by atoms with E-state index in [-0.39, 0.29) is 41.5 Å². The molecule has 0 aromatic carbocycles. The van der Waals surface area contributed by atoms with E-state index in [9.17, 15) is 24.0 Å². The van der Waals surface area contributed by atoms with E-state index in [2.05, 4.69) is 28.2 Å². The number of nitrogens with two attached hydrogens (primary N) is 1. The number of aliphatic carboxylic acids is 2. The number of hydrogen-bond acceptors (Lipinski definition) is 8. The van der Waals surface area contributed by atoms with Crippen molar-refractivity contribution in [3.05, 3.63) is 30.1 Å². The van der Waals surface area contributed by atoms with Crippen LogP contribution in [0.25, 0.3) is 0 Å². The Morgan fingerprint density at radius 1 is 1.17 bits per heavy atom. The first kappa shape index (κ1) is 29.5. The van der Waals surface area contributed by atoms with E-state index in [1.807, 2.05) is 0 Å². The summed E-state index contributed by atoms with van der Waals surface area (Å²) in [6.07, 6.45) is 2.61. The minimum absolute atomic E-state index is 0. The summed E-state index contributed by atoms with van der Waals surface area (Å²) < 4.78 is 0. The van der Waals surface area contributed by atoms with Crippen LogP contribution in [0.15, 0.2) is 24.5 Å². The number of amides is 2. The molecule has 2 amide bonds. The van der Waals surface area contributed by atoms with Crippen LogP contribution in [0.3, 0.4) is 0 Å². The summed E-state index contributed by atoms with van der Waals surface area (Å²) in [7, 11) is 0. The summed E-state index contributed by atoms with van der Waals surface area (Å²) in [5, 5.41) is 29.7. The third-order valence-corrected chi connectivity index (χ3v) is 3.52. The fraction of sp³-hybridized carbons (Fsp3) is 0.375. The van der Waals surface area contributed by atoms with Gasteiger partial charge < -0.3 is 31.7 Å². The van der Waals surface area contributed by atoms with Gasteiger partial charge in [0.2, 0.25) is 11.8 Å². The molecule has 0 aliphatic heterocycles. The van der Waals surface area contributed by atoms with Crippen molar-refractivity contribution < 1.29 is 56.7 Å². The maximum Gasteiger partial charge on any atom is 0.337 e. The van der Waals surface area contributed by atoms with Gasteiger partial charge in [0.05, 0.1) is 5.56 Å². The molecule has 0 saturated carbocycles. The molecule has 1 aromatic heterocycles. The van der Waals surface area contributed by atoms with Crippen LogP contribution in [0.5, 0.6) is 0 Å². The Balaban J connectivity index is 0. The Labute approximate surface area is 187 Å². The second-order valence-corrected chi connectivity index (χ2v) is 5.81. The first-order valence-corrected chi connectivity index (χ1v) is 8.73. The number of thiol groups is 1. The molecular formula is C16H22CrN4O8S. The summed E-state index contributed by atoms with van der Waals surface area (Å²) in [4.78, 5) is 57.5. The zero-order valence-corrected chi connectivity index (χ0v) is 17.7. The third-order valence-electron chi connectivity index (χ3n) is 3.16. The average Bonchev–Trinajstić information content (AvgIpc) is 2.69. The SMILES string of the molecule is N[C@@H](CCC(=O)N[C@@H](CS)C(=O)NCC(=O)O)C(=O)O.O=C(O)c1cccnc1.[Cr]. The molecule has 7 N–H and O–H groups in total. The van der Waals surface area contributed by atoms with E-state index >= 15 is 0 Å². The smallest absolute Gasteiger partial charge is 0.337 e. The van der Waals surface area contributed by atoms with Crippen LogP contribution in [-0.4, -0.2) is 74.4 Å². The van der Waals surface area contributed by atoms with Crippen LogP contribution in [0.4, 0.5) is 0 Å². The van der Waals surface area contributed by atoms with Crippen molar-refractivity contribution in [2.45, 2.75) is 24.9 Å². The normalized spacial score (nSPS) is 11.4. The molecule has 0 radical (unpaired) electrons. The van der Waals surface area contributed by atoms with E-state index in [0.717, 1.165) is 0 Å². The van der Waals surface area contributed by atoms with Gasteiger partial charge in [-0.15, -0.1) is 0 Å². The Bertz CT molecular complexity index is 722. The van der Waals surface area contributed by atoms with Crippen molar-refractivity contribution in [1.29, 1.82) is 0 Å². The molecule has 0 aliphatic carbocycles. The molecule has 14 heteroatoms. The van der Waals surface area contributed by atoms with Crippen molar-refractivity contribution in [2.75, 3.05) is 12.3 Å². The largest absolute Gasteiger partial charge is 0.480 e. The topological polar surface area (TPSA) is 209 Å². The van der Waals surface area contributed by atoms with Gasteiger partial charge in [-0.25, -0.2) is 4.79 Å². The van der Waals surface area contributed by atoms with Gasteiger partial charge in [-0.05, 0) is 18.6 Å². The molecule has 0 saturated heterocycles. The Morgan fingerprint density at radius 3 is 2.20 bits per heavy atom. The number of rotatable bonds is 10. The molecule has 166 valence electrons. The summed E-state index contributed by atoms with van der Waals surface area (Å²) in [5.41, 5.74) is 5.45. The van der Waals surface area contributed by atoms with E-state index in [0.29, 0.717) is 0 Å².